The van der Waals surface area contributed by atoms with Crippen molar-refractivity contribution < 1.29 is 9.21 Å². The van der Waals surface area contributed by atoms with Crippen LogP contribution >= 0.6 is 0 Å². The number of amides is 1. The summed E-state index contributed by atoms with van der Waals surface area (Å²) in [6.07, 6.45) is 1.91. The third kappa shape index (κ3) is 2.70. The van der Waals surface area contributed by atoms with Crippen molar-refractivity contribution in [3.63, 3.8) is 0 Å². The average molecular weight is 291 g/mol. The molecule has 6 heteroatoms. The summed E-state index contributed by atoms with van der Waals surface area (Å²) in [5.74, 6) is 0.501. The minimum Gasteiger partial charge on any atom is -0.443 e. The van der Waals surface area contributed by atoms with Gasteiger partial charge in [-0.1, -0.05) is 6.92 Å². The number of furan rings is 1. The number of hydrogen-bond acceptors (Lipinski definition) is 4. The van der Waals surface area contributed by atoms with Gasteiger partial charge < -0.3 is 9.73 Å². The van der Waals surface area contributed by atoms with Crippen molar-refractivity contribution in [3.8, 4) is 0 Å². The summed E-state index contributed by atoms with van der Waals surface area (Å²) in [5, 5.41) is 3.29. The largest absolute Gasteiger partial charge is 0.443 e. The maximum absolute atomic E-state index is 12.6. The van der Waals surface area contributed by atoms with Gasteiger partial charge in [-0.3, -0.25) is 14.2 Å². The van der Waals surface area contributed by atoms with Crippen LogP contribution in [0, 0.1) is 13.8 Å². The summed E-state index contributed by atoms with van der Waals surface area (Å²) >= 11 is 0. The molecule has 0 spiro atoms. The van der Waals surface area contributed by atoms with E-state index in [1.165, 1.54) is 10.9 Å². The Balaban J connectivity index is 2.55. The minimum atomic E-state index is -0.564. The van der Waals surface area contributed by atoms with Gasteiger partial charge >= 0.3 is 0 Å². The summed E-state index contributed by atoms with van der Waals surface area (Å²) in [7, 11) is 0. The van der Waals surface area contributed by atoms with E-state index in [9.17, 15) is 9.59 Å². The highest BCUT2D eigenvalue weighted by molar-refractivity contribution is 5.82. The van der Waals surface area contributed by atoms with Gasteiger partial charge in [0.25, 0.3) is 5.56 Å². The van der Waals surface area contributed by atoms with Gasteiger partial charge in [-0.15, -0.1) is 0 Å². The smallest absolute Gasteiger partial charge is 0.265 e. The number of rotatable bonds is 4. The lowest BCUT2D eigenvalue weighted by atomic mass is 10.1. The Labute approximate surface area is 123 Å². The van der Waals surface area contributed by atoms with Crippen LogP contribution in [0.25, 0.3) is 11.1 Å². The third-order valence-electron chi connectivity index (χ3n) is 3.57. The molecule has 1 atom stereocenters. The number of carbonyl (C=O) groups excluding carboxylic acids is 1. The zero-order chi connectivity index (χ0) is 15.7. The summed E-state index contributed by atoms with van der Waals surface area (Å²) < 4.78 is 6.84. The molecule has 2 heterocycles. The van der Waals surface area contributed by atoms with Gasteiger partial charge in [0.2, 0.25) is 11.6 Å². The van der Waals surface area contributed by atoms with Gasteiger partial charge in [-0.2, -0.15) is 0 Å². The Morgan fingerprint density at radius 1 is 1.43 bits per heavy atom. The molecule has 21 heavy (non-hydrogen) atoms. The van der Waals surface area contributed by atoms with Crippen molar-refractivity contribution in [2.24, 2.45) is 0 Å². The Kier molecular flexibility index (Phi) is 4.16. The Morgan fingerprint density at radius 3 is 2.67 bits per heavy atom. The first-order chi connectivity index (χ1) is 9.86. The second-order valence-corrected chi connectivity index (χ2v) is 5.51. The van der Waals surface area contributed by atoms with Crippen molar-refractivity contribution in [1.29, 1.82) is 0 Å². The quantitative estimate of drug-likeness (QED) is 0.935. The van der Waals surface area contributed by atoms with Crippen LogP contribution in [0.15, 0.2) is 15.5 Å². The summed E-state index contributed by atoms with van der Waals surface area (Å²) in [5.41, 5.74) is 0.862. The van der Waals surface area contributed by atoms with E-state index >= 15 is 0 Å². The average Bonchev–Trinajstić information content (AvgIpc) is 2.68. The normalized spacial score (nSPS) is 12.9. The first-order valence-electron chi connectivity index (χ1n) is 7.14. The Hall–Kier alpha value is -2.11. The van der Waals surface area contributed by atoms with Gasteiger partial charge in [-0.05, 0) is 34.1 Å². The molecule has 2 aromatic rings. The van der Waals surface area contributed by atoms with Crippen molar-refractivity contribution in [2.45, 2.75) is 53.1 Å². The van der Waals surface area contributed by atoms with Crippen LogP contribution in [0.2, 0.25) is 0 Å². The van der Waals surface area contributed by atoms with Gasteiger partial charge in [0, 0.05) is 11.6 Å². The molecule has 0 saturated carbocycles. The van der Waals surface area contributed by atoms with Gasteiger partial charge in [0.1, 0.15) is 23.5 Å². The minimum absolute atomic E-state index is 0.0249. The Morgan fingerprint density at radius 2 is 2.10 bits per heavy atom. The predicted octanol–water partition coefficient (Wildman–Crippen LogP) is 2.08. The van der Waals surface area contributed by atoms with Crippen LogP contribution in [0.1, 0.15) is 44.6 Å². The van der Waals surface area contributed by atoms with Crippen molar-refractivity contribution >= 4 is 17.0 Å². The fraction of sp³-hybridized carbons (Fsp3) is 0.533. The maximum atomic E-state index is 12.6. The zero-order valence-electron chi connectivity index (χ0n) is 13.1. The van der Waals surface area contributed by atoms with Crippen LogP contribution < -0.4 is 10.9 Å². The van der Waals surface area contributed by atoms with E-state index in [1.807, 2.05) is 27.7 Å². The van der Waals surface area contributed by atoms with E-state index in [4.69, 9.17) is 4.42 Å². The van der Waals surface area contributed by atoms with Gasteiger partial charge in [-0.25, -0.2) is 4.98 Å². The fourth-order valence-corrected chi connectivity index (χ4v) is 2.36. The highest BCUT2D eigenvalue weighted by Crippen LogP contribution is 2.20. The lowest BCUT2D eigenvalue weighted by Crippen LogP contribution is -2.40. The summed E-state index contributed by atoms with van der Waals surface area (Å²) in [6, 6.07) is -0.539. The lowest BCUT2D eigenvalue weighted by molar-refractivity contribution is -0.125. The van der Waals surface area contributed by atoms with Crippen molar-refractivity contribution in [1.82, 2.24) is 14.9 Å². The Bertz CT molecular complexity index is 728. The fourth-order valence-electron chi connectivity index (χ4n) is 2.36. The molecule has 0 fully saturated rings. The topological polar surface area (TPSA) is 77.1 Å². The molecule has 1 amide bonds. The third-order valence-corrected chi connectivity index (χ3v) is 3.57. The molecule has 0 saturated heterocycles. The number of nitrogens with one attached hydrogen (secondary N) is 1. The number of carbonyl (C=O) groups is 1. The summed E-state index contributed by atoms with van der Waals surface area (Å²) in [6.45, 7) is 9.26. The molecule has 2 rings (SSSR count). The first-order valence-corrected chi connectivity index (χ1v) is 7.14. The number of aromatic nitrogens is 2. The number of hydrogen-bond donors (Lipinski definition) is 1. The van der Waals surface area contributed by atoms with Gasteiger partial charge in [0.05, 0.1) is 0 Å². The highest BCUT2D eigenvalue weighted by atomic mass is 16.3. The molecule has 0 aliphatic rings. The number of nitrogens with zero attached hydrogens (tertiary/aromatic N) is 2. The van der Waals surface area contributed by atoms with Crippen molar-refractivity contribution in [3.05, 3.63) is 28.0 Å². The second-order valence-electron chi connectivity index (χ2n) is 5.51. The van der Waals surface area contributed by atoms with E-state index in [0.717, 1.165) is 5.56 Å². The molecule has 0 bridgehead atoms. The first kappa shape index (κ1) is 15.3. The molecular formula is C15H21N3O3. The molecule has 0 radical (unpaired) electrons. The lowest BCUT2D eigenvalue weighted by Gasteiger charge is -2.19. The van der Waals surface area contributed by atoms with Crippen molar-refractivity contribution in [2.75, 3.05) is 0 Å². The van der Waals surface area contributed by atoms with Crippen LogP contribution in [0.5, 0.6) is 0 Å². The van der Waals surface area contributed by atoms with Crippen LogP contribution in [0.3, 0.4) is 0 Å². The number of aryl methyl sites for hydroxylation is 2. The van der Waals surface area contributed by atoms with Crippen LogP contribution in [-0.2, 0) is 4.79 Å². The highest BCUT2D eigenvalue weighted by Gasteiger charge is 2.23. The van der Waals surface area contributed by atoms with Gasteiger partial charge in [0.15, 0.2) is 0 Å². The standard InChI is InChI=1S/C15H21N3O3/c1-6-11(13(19)17-8(2)3)18-7-16-14-12(15(18)20)9(4)10(5)21-14/h7-8,11H,6H2,1-5H3,(H,17,19)/t11-/m1/s1. The van der Waals surface area contributed by atoms with E-state index in [2.05, 4.69) is 10.3 Å². The van der Waals surface area contributed by atoms with E-state index in [0.29, 0.717) is 23.3 Å². The molecular weight excluding hydrogens is 270 g/mol. The molecule has 6 nitrogen and oxygen atoms in total. The van der Waals surface area contributed by atoms with E-state index in [1.54, 1.807) is 6.92 Å². The van der Waals surface area contributed by atoms with Crippen LogP contribution in [-0.4, -0.2) is 21.5 Å². The molecule has 114 valence electrons. The molecule has 0 aliphatic heterocycles. The van der Waals surface area contributed by atoms with E-state index < -0.39 is 6.04 Å². The van der Waals surface area contributed by atoms with E-state index in [-0.39, 0.29) is 17.5 Å². The van der Waals surface area contributed by atoms with Crippen LogP contribution in [0.4, 0.5) is 0 Å². The molecule has 0 aliphatic carbocycles. The SMILES string of the molecule is CC[C@H](C(=O)NC(C)C)n1cnc2oc(C)c(C)c2c1=O. The molecule has 0 unspecified atom stereocenters. The monoisotopic (exact) mass is 291 g/mol. The number of fused-ring (bicyclic) bond motifs is 1. The molecule has 0 aromatic carbocycles. The predicted molar refractivity (Wildman–Crippen MR) is 80.3 cm³/mol. The zero-order valence-corrected chi connectivity index (χ0v) is 13.1. The molecule has 1 N–H and O–H groups in total. The molecule has 2 aromatic heterocycles. The maximum Gasteiger partial charge on any atom is 0.265 e. The summed E-state index contributed by atoms with van der Waals surface area (Å²) in [4.78, 5) is 29.0. The second kappa shape index (κ2) is 5.71.